The number of hydrogen-bond donors (Lipinski definition) is 0. The molecule has 0 bridgehead atoms. The Bertz CT molecular complexity index is 397. The summed E-state index contributed by atoms with van der Waals surface area (Å²) in [5.41, 5.74) is 0.267. The van der Waals surface area contributed by atoms with Crippen LogP contribution in [0, 0.1) is 5.82 Å². The van der Waals surface area contributed by atoms with E-state index in [1.54, 1.807) is 12.1 Å². The maximum Gasteiger partial charge on any atom is 0.414 e. The van der Waals surface area contributed by atoms with Gasteiger partial charge in [0.05, 0.1) is 12.3 Å². The van der Waals surface area contributed by atoms with Crippen LogP contribution in [0.25, 0.3) is 0 Å². The van der Waals surface area contributed by atoms with Gasteiger partial charge in [0.15, 0.2) is 0 Å². The predicted octanol–water partition coefficient (Wildman–Crippen LogP) is 2.93. The smallest absolute Gasteiger partial charge is 0.414 e. The zero-order valence-electron chi connectivity index (χ0n) is 7.87. The molecule has 1 aliphatic rings. The van der Waals surface area contributed by atoms with Crippen molar-refractivity contribution < 1.29 is 13.9 Å². The maximum absolute atomic E-state index is 13.5. The number of nitrogens with zero attached hydrogens (tertiary/aromatic N) is 1. The first-order valence-corrected chi connectivity index (χ1v) is 5.37. The monoisotopic (exact) mass is 273 g/mol. The molecule has 0 radical (unpaired) electrons. The Labute approximate surface area is 95.0 Å². The lowest BCUT2D eigenvalue weighted by atomic mass is 10.2. The summed E-state index contributed by atoms with van der Waals surface area (Å²) < 4.78 is 19.0. The summed E-state index contributed by atoms with van der Waals surface area (Å²) in [6.07, 6.45) is 0.240. The van der Waals surface area contributed by atoms with Crippen LogP contribution in [0.4, 0.5) is 14.9 Å². The molecule has 1 fully saturated rings. The van der Waals surface area contributed by atoms with Crippen LogP contribution in [0.5, 0.6) is 0 Å². The highest BCUT2D eigenvalue weighted by molar-refractivity contribution is 9.10. The molecule has 80 valence electrons. The molecule has 0 N–H and O–H groups in total. The number of anilines is 1. The van der Waals surface area contributed by atoms with E-state index in [0.29, 0.717) is 17.6 Å². The number of ether oxygens (including phenoxy) is 1. The van der Waals surface area contributed by atoms with Gasteiger partial charge in [-0.2, -0.15) is 0 Å². The quantitative estimate of drug-likeness (QED) is 0.788. The number of carbonyl (C=O) groups is 1. The van der Waals surface area contributed by atoms with Gasteiger partial charge in [0.2, 0.25) is 0 Å². The van der Waals surface area contributed by atoms with E-state index in [-0.39, 0.29) is 5.69 Å². The van der Waals surface area contributed by atoms with Crippen LogP contribution >= 0.6 is 15.9 Å². The summed E-state index contributed by atoms with van der Waals surface area (Å²) in [6, 6.07) is 4.59. The zero-order chi connectivity index (χ0) is 10.8. The van der Waals surface area contributed by atoms with Gasteiger partial charge in [0.25, 0.3) is 0 Å². The minimum Gasteiger partial charge on any atom is -0.449 e. The largest absolute Gasteiger partial charge is 0.449 e. The highest BCUT2D eigenvalue weighted by Crippen LogP contribution is 2.25. The Morgan fingerprint density at radius 1 is 1.47 bits per heavy atom. The molecule has 0 atom stereocenters. The molecule has 1 amide bonds. The van der Waals surface area contributed by atoms with Gasteiger partial charge in [-0.05, 0) is 24.6 Å². The molecule has 1 aromatic rings. The Balaban J connectivity index is 2.31. The standard InChI is InChI=1S/C10H9BrFNO2/c11-7-2-3-9(8(12)6-7)13-4-1-5-15-10(13)14/h2-3,6H,1,4-5H2. The lowest BCUT2D eigenvalue weighted by Crippen LogP contribution is -2.38. The van der Waals surface area contributed by atoms with Crippen molar-refractivity contribution in [1.82, 2.24) is 0 Å². The van der Waals surface area contributed by atoms with Crippen molar-refractivity contribution in [3.8, 4) is 0 Å². The van der Waals surface area contributed by atoms with Crippen LogP contribution in [-0.2, 0) is 4.74 Å². The van der Waals surface area contributed by atoms with Crippen LogP contribution in [0.15, 0.2) is 22.7 Å². The van der Waals surface area contributed by atoms with E-state index < -0.39 is 11.9 Å². The summed E-state index contributed by atoms with van der Waals surface area (Å²) in [6.45, 7) is 0.908. The minimum absolute atomic E-state index is 0.267. The minimum atomic E-state index is -0.484. The van der Waals surface area contributed by atoms with Crippen molar-refractivity contribution in [2.24, 2.45) is 0 Å². The maximum atomic E-state index is 13.5. The van der Waals surface area contributed by atoms with Crippen molar-refractivity contribution in [3.63, 3.8) is 0 Å². The second-order valence-corrected chi connectivity index (χ2v) is 4.13. The van der Waals surface area contributed by atoms with Crippen LogP contribution < -0.4 is 4.90 Å². The Morgan fingerprint density at radius 2 is 2.27 bits per heavy atom. The fourth-order valence-electron chi connectivity index (χ4n) is 1.47. The van der Waals surface area contributed by atoms with Crippen molar-refractivity contribution >= 4 is 27.7 Å². The average Bonchev–Trinajstić information content (AvgIpc) is 2.20. The van der Waals surface area contributed by atoms with E-state index in [1.165, 1.54) is 11.0 Å². The molecule has 0 aromatic heterocycles. The summed E-state index contributed by atoms with van der Waals surface area (Å²) in [5.74, 6) is -0.428. The molecule has 0 saturated carbocycles. The first-order valence-electron chi connectivity index (χ1n) is 4.58. The molecule has 0 aliphatic carbocycles. The zero-order valence-corrected chi connectivity index (χ0v) is 9.46. The number of benzene rings is 1. The second kappa shape index (κ2) is 4.18. The molecule has 3 nitrogen and oxygen atoms in total. The van der Waals surface area contributed by atoms with Gasteiger partial charge in [-0.1, -0.05) is 15.9 Å². The van der Waals surface area contributed by atoms with Gasteiger partial charge in [0, 0.05) is 11.0 Å². The summed E-state index contributed by atoms with van der Waals surface area (Å²) in [7, 11) is 0. The van der Waals surface area contributed by atoms with Crippen LogP contribution in [0.1, 0.15) is 6.42 Å². The number of rotatable bonds is 1. The van der Waals surface area contributed by atoms with Crippen LogP contribution in [0.3, 0.4) is 0 Å². The Kier molecular flexibility index (Phi) is 2.90. The number of carbonyl (C=O) groups excluding carboxylic acids is 1. The third-order valence-electron chi connectivity index (χ3n) is 2.17. The van der Waals surface area contributed by atoms with E-state index in [0.717, 1.165) is 6.42 Å². The number of cyclic esters (lactones) is 1. The van der Waals surface area contributed by atoms with Crippen LogP contribution in [0.2, 0.25) is 0 Å². The molecule has 0 unspecified atom stereocenters. The van der Waals surface area contributed by atoms with Gasteiger partial charge >= 0.3 is 6.09 Å². The molecule has 0 spiro atoms. The van der Waals surface area contributed by atoms with Crippen molar-refractivity contribution in [3.05, 3.63) is 28.5 Å². The van der Waals surface area contributed by atoms with Gasteiger partial charge in [-0.3, -0.25) is 4.90 Å². The predicted molar refractivity (Wildman–Crippen MR) is 57.4 cm³/mol. The lowest BCUT2D eigenvalue weighted by Gasteiger charge is -2.26. The molecule has 15 heavy (non-hydrogen) atoms. The fraction of sp³-hybridized carbons (Fsp3) is 0.300. The highest BCUT2D eigenvalue weighted by atomic mass is 79.9. The van der Waals surface area contributed by atoms with E-state index in [1.807, 2.05) is 0 Å². The lowest BCUT2D eigenvalue weighted by molar-refractivity contribution is 0.140. The molecule has 1 aliphatic heterocycles. The average molecular weight is 274 g/mol. The molecule has 1 saturated heterocycles. The third-order valence-corrected chi connectivity index (χ3v) is 2.67. The summed E-state index contributed by atoms with van der Waals surface area (Å²) in [5, 5.41) is 0. The molecular formula is C10H9BrFNO2. The van der Waals surface area contributed by atoms with Gasteiger partial charge < -0.3 is 4.74 Å². The molecule has 1 heterocycles. The molecule has 5 heteroatoms. The number of hydrogen-bond acceptors (Lipinski definition) is 2. The first-order chi connectivity index (χ1) is 7.18. The van der Waals surface area contributed by atoms with Crippen molar-refractivity contribution in [2.75, 3.05) is 18.1 Å². The second-order valence-electron chi connectivity index (χ2n) is 3.22. The fourth-order valence-corrected chi connectivity index (χ4v) is 1.80. The third kappa shape index (κ3) is 2.12. The number of halogens is 2. The SMILES string of the molecule is O=C1OCCCN1c1ccc(Br)cc1F. The molecular weight excluding hydrogens is 265 g/mol. The summed E-state index contributed by atoms with van der Waals surface area (Å²) >= 11 is 3.16. The molecule has 2 rings (SSSR count). The van der Waals surface area contributed by atoms with E-state index in [4.69, 9.17) is 4.74 Å². The Hall–Kier alpha value is -1.10. The summed E-state index contributed by atoms with van der Waals surface area (Å²) in [4.78, 5) is 12.7. The topological polar surface area (TPSA) is 29.5 Å². The van der Waals surface area contributed by atoms with Gasteiger partial charge in [-0.15, -0.1) is 0 Å². The Morgan fingerprint density at radius 3 is 2.93 bits per heavy atom. The van der Waals surface area contributed by atoms with Crippen molar-refractivity contribution in [2.45, 2.75) is 6.42 Å². The van der Waals surface area contributed by atoms with E-state index in [2.05, 4.69) is 15.9 Å². The number of amides is 1. The van der Waals surface area contributed by atoms with Gasteiger partial charge in [-0.25, -0.2) is 9.18 Å². The van der Waals surface area contributed by atoms with Crippen molar-refractivity contribution in [1.29, 1.82) is 0 Å². The normalized spacial score (nSPS) is 16.4. The van der Waals surface area contributed by atoms with Crippen LogP contribution in [-0.4, -0.2) is 19.2 Å². The first kappa shape index (κ1) is 10.4. The molecule has 1 aromatic carbocycles. The van der Waals surface area contributed by atoms with E-state index >= 15 is 0 Å². The van der Waals surface area contributed by atoms with Gasteiger partial charge in [0.1, 0.15) is 5.82 Å². The van der Waals surface area contributed by atoms with E-state index in [9.17, 15) is 9.18 Å². The highest BCUT2D eigenvalue weighted by Gasteiger charge is 2.23.